The highest BCUT2D eigenvalue weighted by Crippen LogP contribution is 2.12. The van der Waals surface area contributed by atoms with Crippen molar-refractivity contribution in [2.24, 2.45) is 0 Å². The number of piperazine rings is 1. The van der Waals surface area contributed by atoms with Crippen LogP contribution in [0.5, 0.6) is 0 Å². The molecule has 0 atom stereocenters. The van der Waals surface area contributed by atoms with E-state index in [1.807, 2.05) is 4.90 Å². The summed E-state index contributed by atoms with van der Waals surface area (Å²) in [5.41, 5.74) is 0. The zero-order chi connectivity index (χ0) is 16.1. The second kappa shape index (κ2) is 7.64. The highest BCUT2D eigenvalue weighted by Gasteiger charge is 2.26. The van der Waals surface area contributed by atoms with Crippen LogP contribution in [0.1, 0.15) is 36.2 Å². The lowest BCUT2D eigenvalue weighted by atomic mass is 10.2. The number of hydrogen-bond donors (Lipinski definition) is 0. The van der Waals surface area contributed by atoms with Gasteiger partial charge in [0, 0.05) is 39.3 Å². The monoisotopic (exact) mass is 319 g/mol. The van der Waals surface area contributed by atoms with Gasteiger partial charge in [0.1, 0.15) is 0 Å². The first-order valence-electron chi connectivity index (χ1n) is 8.57. The molecule has 1 aromatic rings. The molecule has 0 saturated carbocycles. The van der Waals surface area contributed by atoms with Crippen molar-refractivity contribution >= 4 is 11.8 Å². The summed E-state index contributed by atoms with van der Waals surface area (Å²) in [6.45, 7) is 5.05. The van der Waals surface area contributed by atoms with Crippen molar-refractivity contribution in [2.45, 2.75) is 25.7 Å². The summed E-state index contributed by atoms with van der Waals surface area (Å²) in [5.74, 6) is 0.560. The average molecular weight is 319 g/mol. The van der Waals surface area contributed by atoms with Crippen LogP contribution in [0.3, 0.4) is 0 Å². The number of carbonyl (C=O) groups excluding carboxylic acids is 2. The number of hydrogen-bond acceptors (Lipinski definition) is 4. The first-order chi connectivity index (χ1) is 11.2. The van der Waals surface area contributed by atoms with Crippen molar-refractivity contribution in [1.82, 2.24) is 14.7 Å². The van der Waals surface area contributed by atoms with Crippen LogP contribution in [0, 0.1) is 0 Å². The van der Waals surface area contributed by atoms with E-state index in [0.717, 1.165) is 39.0 Å². The lowest BCUT2D eigenvalue weighted by Crippen LogP contribution is -2.51. The molecule has 2 aliphatic heterocycles. The van der Waals surface area contributed by atoms with Gasteiger partial charge in [0.15, 0.2) is 5.76 Å². The summed E-state index contributed by atoms with van der Waals surface area (Å²) in [6, 6.07) is 3.42. The van der Waals surface area contributed by atoms with Gasteiger partial charge in [-0.3, -0.25) is 14.5 Å². The van der Waals surface area contributed by atoms with Crippen molar-refractivity contribution in [3.63, 3.8) is 0 Å². The SMILES string of the molecule is O=C(CN1CCN(C(=O)c2ccco2)CC1)N1CCCCCC1. The standard InChI is InChI=1S/C17H25N3O3/c21-16(19-7-3-1-2-4-8-19)14-18-9-11-20(12-10-18)17(22)15-6-5-13-23-15/h5-6,13H,1-4,7-12,14H2. The third-order valence-electron chi connectivity index (χ3n) is 4.71. The molecule has 6 heteroatoms. The zero-order valence-electron chi connectivity index (χ0n) is 13.6. The molecule has 126 valence electrons. The molecule has 0 aliphatic carbocycles. The normalized spacial score (nSPS) is 20.3. The van der Waals surface area contributed by atoms with Gasteiger partial charge >= 0.3 is 0 Å². The first kappa shape index (κ1) is 16.1. The topological polar surface area (TPSA) is 57.0 Å². The molecule has 2 aliphatic rings. The van der Waals surface area contributed by atoms with Crippen LogP contribution in [0.2, 0.25) is 0 Å². The molecular formula is C17H25N3O3. The number of furan rings is 1. The molecule has 3 rings (SSSR count). The minimum absolute atomic E-state index is 0.0616. The summed E-state index contributed by atoms with van der Waals surface area (Å²) in [5, 5.41) is 0. The lowest BCUT2D eigenvalue weighted by Gasteiger charge is -2.35. The number of nitrogens with zero attached hydrogens (tertiary/aromatic N) is 3. The van der Waals surface area contributed by atoms with Gasteiger partial charge in [0.25, 0.3) is 5.91 Å². The smallest absolute Gasteiger partial charge is 0.289 e. The maximum absolute atomic E-state index is 12.4. The van der Waals surface area contributed by atoms with E-state index < -0.39 is 0 Å². The molecule has 1 aromatic heterocycles. The molecule has 0 aromatic carbocycles. The Morgan fingerprint density at radius 1 is 0.913 bits per heavy atom. The maximum Gasteiger partial charge on any atom is 0.289 e. The largest absolute Gasteiger partial charge is 0.459 e. The maximum atomic E-state index is 12.4. The summed E-state index contributed by atoms with van der Waals surface area (Å²) in [6.07, 6.45) is 6.23. The van der Waals surface area contributed by atoms with Crippen LogP contribution in [0.4, 0.5) is 0 Å². The Morgan fingerprint density at radius 3 is 2.22 bits per heavy atom. The van der Waals surface area contributed by atoms with Crippen LogP contribution in [0.25, 0.3) is 0 Å². The van der Waals surface area contributed by atoms with Gasteiger partial charge in [-0.2, -0.15) is 0 Å². The van der Waals surface area contributed by atoms with Crippen molar-refractivity contribution in [3.8, 4) is 0 Å². The first-order valence-corrected chi connectivity index (χ1v) is 8.57. The van der Waals surface area contributed by atoms with E-state index in [-0.39, 0.29) is 11.8 Å². The molecular weight excluding hydrogens is 294 g/mol. The van der Waals surface area contributed by atoms with Gasteiger partial charge < -0.3 is 14.2 Å². The minimum atomic E-state index is -0.0616. The Balaban J connectivity index is 1.45. The average Bonchev–Trinajstić information content (AvgIpc) is 2.97. The number of rotatable bonds is 3. The van der Waals surface area contributed by atoms with Crippen LogP contribution in [-0.2, 0) is 4.79 Å². The van der Waals surface area contributed by atoms with Gasteiger partial charge in [-0.25, -0.2) is 0 Å². The van der Waals surface area contributed by atoms with Gasteiger partial charge in [0.2, 0.25) is 5.91 Å². The fourth-order valence-electron chi connectivity index (χ4n) is 3.28. The molecule has 2 amide bonds. The van der Waals surface area contributed by atoms with Crippen LogP contribution < -0.4 is 0 Å². The Bertz CT molecular complexity index is 513. The van der Waals surface area contributed by atoms with Crippen molar-refractivity contribution < 1.29 is 14.0 Å². The summed E-state index contributed by atoms with van der Waals surface area (Å²) >= 11 is 0. The lowest BCUT2D eigenvalue weighted by molar-refractivity contribution is -0.132. The number of carbonyl (C=O) groups is 2. The Kier molecular flexibility index (Phi) is 5.33. The predicted molar refractivity (Wildman–Crippen MR) is 86.1 cm³/mol. The summed E-state index contributed by atoms with van der Waals surface area (Å²) < 4.78 is 5.17. The number of likely N-dealkylation sites (tertiary alicyclic amines) is 1. The molecule has 0 spiro atoms. The fourth-order valence-corrected chi connectivity index (χ4v) is 3.28. The molecule has 0 N–H and O–H groups in total. The molecule has 23 heavy (non-hydrogen) atoms. The van der Waals surface area contributed by atoms with E-state index >= 15 is 0 Å². The second-order valence-corrected chi connectivity index (χ2v) is 6.34. The minimum Gasteiger partial charge on any atom is -0.459 e. The van der Waals surface area contributed by atoms with E-state index in [1.165, 1.54) is 19.1 Å². The van der Waals surface area contributed by atoms with E-state index in [1.54, 1.807) is 17.0 Å². The summed E-state index contributed by atoms with van der Waals surface area (Å²) in [4.78, 5) is 30.6. The van der Waals surface area contributed by atoms with Crippen molar-refractivity contribution in [3.05, 3.63) is 24.2 Å². The molecule has 3 heterocycles. The Hall–Kier alpha value is -1.82. The molecule has 0 unspecified atom stereocenters. The molecule has 0 bridgehead atoms. The van der Waals surface area contributed by atoms with E-state index in [9.17, 15) is 9.59 Å². The Labute approximate surface area is 137 Å². The van der Waals surface area contributed by atoms with Crippen LogP contribution >= 0.6 is 0 Å². The van der Waals surface area contributed by atoms with E-state index in [4.69, 9.17) is 4.42 Å². The molecule has 6 nitrogen and oxygen atoms in total. The quantitative estimate of drug-likeness (QED) is 0.846. The van der Waals surface area contributed by atoms with Crippen molar-refractivity contribution in [1.29, 1.82) is 0 Å². The number of amides is 2. The van der Waals surface area contributed by atoms with Gasteiger partial charge in [0.05, 0.1) is 12.8 Å². The van der Waals surface area contributed by atoms with Crippen LogP contribution in [-0.4, -0.2) is 72.3 Å². The highest BCUT2D eigenvalue weighted by molar-refractivity contribution is 5.91. The van der Waals surface area contributed by atoms with Gasteiger partial charge in [-0.05, 0) is 25.0 Å². The fraction of sp³-hybridized carbons (Fsp3) is 0.647. The third kappa shape index (κ3) is 4.13. The second-order valence-electron chi connectivity index (χ2n) is 6.34. The highest BCUT2D eigenvalue weighted by atomic mass is 16.3. The van der Waals surface area contributed by atoms with Crippen molar-refractivity contribution in [2.75, 3.05) is 45.8 Å². The van der Waals surface area contributed by atoms with Crippen LogP contribution in [0.15, 0.2) is 22.8 Å². The van der Waals surface area contributed by atoms with Gasteiger partial charge in [-0.1, -0.05) is 12.8 Å². The summed E-state index contributed by atoms with van der Waals surface area (Å²) in [7, 11) is 0. The Morgan fingerprint density at radius 2 is 1.61 bits per heavy atom. The van der Waals surface area contributed by atoms with E-state index in [2.05, 4.69) is 4.90 Å². The zero-order valence-corrected chi connectivity index (χ0v) is 13.6. The molecule has 2 fully saturated rings. The van der Waals surface area contributed by atoms with Gasteiger partial charge in [-0.15, -0.1) is 0 Å². The molecule has 2 saturated heterocycles. The van der Waals surface area contributed by atoms with E-state index in [0.29, 0.717) is 25.4 Å². The molecule has 0 radical (unpaired) electrons. The third-order valence-corrected chi connectivity index (χ3v) is 4.71. The predicted octanol–water partition coefficient (Wildman–Crippen LogP) is 1.44.